The monoisotopic (exact) mass is 304 g/mol. The fraction of sp³-hybridized carbons (Fsp3) is 0.267. The zero-order valence-electron chi connectivity index (χ0n) is 11.1. The summed E-state index contributed by atoms with van der Waals surface area (Å²) in [6.45, 7) is 0.692. The highest BCUT2D eigenvalue weighted by Gasteiger charge is 2.32. The predicted molar refractivity (Wildman–Crippen MR) is 78.4 cm³/mol. The molecule has 21 heavy (non-hydrogen) atoms. The number of fused-ring (bicyclic) bond motifs is 1. The number of pyridine rings is 1. The summed E-state index contributed by atoms with van der Waals surface area (Å²) in [6.07, 6.45) is 1.95. The molecule has 1 unspecified atom stereocenters. The maximum atomic E-state index is 12.6. The van der Waals surface area contributed by atoms with Gasteiger partial charge in [0.25, 0.3) is 5.91 Å². The van der Waals surface area contributed by atoms with Crippen LogP contribution < -0.4 is 0 Å². The Kier molecular flexibility index (Phi) is 3.51. The molecule has 1 aromatic heterocycles. The number of carbonyl (C=O) groups is 2. The maximum absolute atomic E-state index is 12.6. The van der Waals surface area contributed by atoms with Gasteiger partial charge in [-0.05, 0) is 11.8 Å². The average molecular weight is 305 g/mol. The van der Waals surface area contributed by atoms with Gasteiger partial charge in [-0.2, -0.15) is 0 Å². The first-order valence-electron chi connectivity index (χ1n) is 6.63. The van der Waals surface area contributed by atoms with Crippen LogP contribution in [0.5, 0.6) is 0 Å². The van der Waals surface area contributed by atoms with Gasteiger partial charge in [0.1, 0.15) is 5.15 Å². The molecule has 1 saturated heterocycles. The Labute approximate surface area is 126 Å². The van der Waals surface area contributed by atoms with Crippen LogP contribution in [0.1, 0.15) is 16.8 Å². The SMILES string of the molecule is O=C(O)C1CCN(C(=O)c2cnc(Cl)c3ccccc23)C1. The number of carboxylic acid groups (broad SMARTS) is 1. The molecule has 2 aromatic rings. The molecule has 1 N–H and O–H groups in total. The summed E-state index contributed by atoms with van der Waals surface area (Å²) in [4.78, 5) is 29.2. The highest BCUT2D eigenvalue weighted by Crippen LogP contribution is 2.26. The van der Waals surface area contributed by atoms with Crippen molar-refractivity contribution in [1.82, 2.24) is 9.88 Å². The number of hydrogen-bond acceptors (Lipinski definition) is 3. The Bertz CT molecular complexity index is 732. The number of amides is 1. The van der Waals surface area contributed by atoms with Crippen molar-refractivity contribution in [1.29, 1.82) is 0 Å². The minimum atomic E-state index is -0.857. The van der Waals surface area contributed by atoms with E-state index in [9.17, 15) is 9.59 Å². The highest BCUT2D eigenvalue weighted by atomic mass is 35.5. The lowest BCUT2D eigenvalue weighted by molar-refractivity contribution is -0.141. The summed E-state index contributed by atoms with van der Waals surface area (Å²) in [5.74, 6) is -1.54. The molecule has 6 heteroatoms. The van der Waals surface area contributed by atoms with E-state index in [-0.39, 0.29) is 12.5 Å². The lowest BCUT2D eigenvalue weighted by Gasteiger charge is -2.17. The number of hydrogen-bond donors (Lipinski definition) is 1. The van der Waals surface area contributed by atoms with Crippen LogP contribution in [0.2, 0.25) is 5.15 Å². The summed E-state index contributed by atoms with van der Waals surface area (Å²) in [5, 5.41) is 10.8. The topological polar surface area (TPSA) is 70.5 Å². The Morgan fingerprint density at radius 2 is 2.00 bits per heavy atom. The first-order valence-corrected chi connectivity index (χ1v) is 7.01. The van der Waals surface area contributed by atoms with Gasteiger partial charge in [0.15, 0.2) is 0 Å². The molecule has 0 aliphatic carbocycles. The lowest BCUT2D eigenvalue weighted by Crippen LogP contribution is -2.30. The smallest absolute Gasteiger partial charge is 0.308 e. The molecule has 3 rings (SSSR count). The van der Waals surface area contributed by atoms with Crippen molar-refractivity contribution >= 4 is 34.2 Å². The zero-order valence-corrected chi connectivity index (χ0v) is 11.9. The van der Waals surface area contributed by atoms with Crippen LogP contribution in [0.25, 0.3) is 10.8 Å². The molecule has 0 bridgehead atoms. The number of carbonyl (C=O) groups excluding carboxylic acids is 1. The molecule has 0 radical (unpaired) electrons. The predicted octanol–water partition coefficient (Wildman–Crippen LogP) is 2.43. The van der Waals surface area contributed by atoms with Gasteiger partial charge in [-0.1, -0.05) is 35.9 Å². The molecule has 1 amide bonds. The maximum Gasteiger partial charge on any atom is 0.308 e. The largest absolute Gasteiger partial charge is 0.481 e. The standard InChI is InChI=1S/C15H13ClN2O3/c16-13-11-4-2-1-3-10(11)12(7-17-13)14(19)18-6-5-9(8-18)15(20)21/h1-4,7,9H,5-6,8H2,(H,20,21). The van der Waals surface area contributed by atoms with Crippen molar-refractivity contribution in [3.05, 3.63) is 41.2 Å². The molecule has 1 aromatic carbocycles. The van der Waals surface area contributed by atoms with Gasteiger partial charge in [0.05, 0.1) is 11.5 Å². The fourth-order valence-corrected chi connectivity index (χ4v) is 2.86. The zero-order chi connectivity index (χ0) is 15.0. The fourth-order valence-electron chi connectivity index (χ4n) is 2.65. The second-order valence-corrected chi connectivity index (χ2v) is 5.44. The van der Waals surface area contributed by atoms with E-state index in [1.165, 1.54) is 6.20 Å². The van der Waals surface area contributed by atoms with E-state index < -0.39 is 11.9 Å². The number of aromatic nitrogens is 1. The second-order valence-electron chi connectivity index (χ2n) is 5.08. The van der Waals surface area contributed by atoms with Crippen molar-refractivity contribution < 1.29 is 14.7 Å². The van der Waals surface area contributed by atoms with Crippen LogP contribution in [0.4, 0.5) is 0 Å². The normalized spacial score (nSPS) is 18.1. The first-order chi connectivity index (χ1) is 10.1. The summed E-state index contributed by atoms with van der Waals surface area (Å²) >= 11 is 6.04. The van der Waals surface area contributed by atoms with Crippen molar-refractivity contribution in [2.75, 3.05) is 13.1 Å². The van der Waals surface area contributed by atoms with Crippen molar-refractivity contribution in [3.63, 3.8) is 0 Å². The van der Waals surface area contributed by atoms with Gasteiger partial charge in [-0.15, -0.1) is 0 Å². The molecule has 108 valence electrons. The van der Waals surface area contributed by atoms with Crippen LogP contribution >= 0.6 is 11.6 Å². The van der Waals surface area contributed by atoms with Gasteiger partial charge in [0, 0.05) is 24.7 Å². The molecule has 0 spiro atoms. The Balaban J connectivity index is 1.96. The van der Waals surface area contributed by atoms with Gasteiger partial charge >= 0.3 is 5.97 Å². The summed E-state index contributed by atoms with van der Waals surface area (Å²) < 4.78 is 0. The molecular formula is C15H13ClN2O3. The van der Waals surface area contributed by atoms with Gasteiger partial charge in [-0.25, -0.2) is 4.98 Å². The number of likely N-dealkylation sites (tertiary alicyclic amines) is 1. The summed E-state index contributed by atoms with van der Waals surface area (Å²) in [6, 6.07) is 7.30. The summed E-state index contributed by atoms with van der Waals surface area (Å²) in [7, 11) is 0. The van der Waals surface area contributed by atoms with Crippen molar-refractivity contribution in [2.24, 2.45) is 5.92 Å². The number of benzene rings is 1. The quantitative estimate of drug-likeness (QED) is 0.865. The molecule has 5 nitrogen and oxygen atoms in total. The first kappa shape index (κ1) is 13.8. The van der Waals surface area contributed by atoms with Crippen LogP contribution in [0, 0.1) is 5.92 Å². The van der Waals surface area contributed by atoms with Crippen LogP contribution in [-0.4, -0.2) is 40.0 Å². The number of halogens is 1. The molecule has 1 atom stereocenters. The third-order valence-corrected chi connectivity index (χ3v) is 4.10. The van der Waals surface area contributed by atoms with E-state index in [2.05, 4.69) is 4.98 Å². The second kappa shape index (κ2) is 5.33. The summed E-state index contributed by atoms with van der Waals surface area (Å²) in [5.41, 5.74) is 0.459. The molecular weight excluding hydrogens is 292 g/mol. The van der Waals surface area contributed by atoms with E-state index in [0.29, 0.717) is 23.7 Å². The van der Waals surface area contributed by atoms with E-state index in [1.54, 1.807) is 4.90 Å². The third-order valence-electron chi connectivity index (χ3n) is 3.80. The van der Waals surface area contributed by atoms with Crippen LogP contribution in [0.3, 0.4) is 0 Å². The minimum Gasteiger partial charge on any atom is -0.481 e. The number of carboxylic acids is 1. The van der Waals surface area contributed by atoms with E-state index in [1.807, 2.05) is 24.3 Å². The van der Waals surface area contributed by atoms with Gasteiger partial charge in [-0.3, -0.25) is 9.59 Å². The van der Waals surface area contributed by atoms with Crippen molar-refractivity contribution in [3.8, 4) is 0 Å². The molecule has 1 aliphatic rings. The van der Waals surface area contributed by atoms with E-state index in [0.717, 1.165) is 10.8 Å². The highest BCUT2D eigenvalue weighted by molar-refractivity contribution is 6.34. The Hall–Kier alpha value is -2.14. The number of nitrogens with zero attached hydrogens (tertiary/aromatic N) is 2. The molecule has 1 aliphatic heterocycles. The molecule has 0 saturated carbocycles. The van der Waals surface area contributed by atoms with Gasteiger partial charge < -0.3 is 10.0 Å². The van der Waals surface area contributed by atoms with E-state index in [4.69, 9.17) is 16.7 Å². The Morgan fingerprint density at radius 1 is 1.29 bits per heavy atom. The minimum absolute atomic E-state index is 0.195. The van der Waals surface area contributed by atoms with Crippen molar-refractivity contribution in [2.45, 2.75) is 6.42 Å². The average Bonchev–Trinajstić information content (AvgIpc) is 2.97. The number of aliphatic carboxylic acids is 1. The third kappa shape index (κ3) is 2.45. The van der Waals surface area contributed by atoms with E-state index >= 15 is 0 Å². The molecule has 1 fully saturated rings. The lowest BCUT2D eigenvalue weighted by atomic mass is 10.1. The molecule has 2 heterocycles. The van der Waals surface area contributed by atoms with Crippen LogP contribution in [0.15, 0.2) is 30.5 Å². The Morgan fingerprint density at radius 3 is 2.67 bits per heavy atom. The number of rotatable bonds is 2. The van der Waals surface area contributed by atoms with Gasteiger partial charge in [0.2, 0.25) is 0 Å². The van der Waals surface area contributed by atoms with Crippen LogP contribution in [-0.2, 0) is 4.79 Å².